The predicted molar refractivity (Wildman–Crippen MR) is 43.0 cm³/mol. The highest BCUT2D eigenvalue weighted by molar-refractivity contribution is 4.51. The first-order chi connectivity index (χ1) is 4.35. The molecule has 0 atom stereocenters. The van der Waals surface area contributed by atoms with Gasteiger partial charge in [0.1, 0.15) is 0 Å². The summed E-state index contributed by atoms with van der Waals surface area (Å²) in [5.41, 5.74) is 0. The molecule has 0 aromatic heterocycles. The molecule has 0 saturated carbocycles. The molecule has 0 bridgehead atoms. The fraction of sp³-hybridized carbons (Fsp3) is 1.00. The summed E-state index contributed by atoms with van der Waals surface area (Å²) in [6, 6.07) is 0. The minimum absolute atomic E-state index is 0. The zero-order chi connectivity index (χ0) is 7.11. The maximum absolute atomic E-state index is 8.47. The van der Waals surface area contributed by atoms with Crippen molar-refractivity contribution < 1.29 is 10.2 Å². The summed E-state index contributed by atoms with van der Waals surface area (Å²) in [5, 5.41) is 16.9. The van der Waals surface area contributed by atoms with Crippen molar-refractivity contribution >= 4 is 0 Å². The van der Waals surface area contributed by atoms with Gasteiger partial charge in [-0.25, -0.2) is 0 Å². The third-order valence-corrected chi connectivity index (χ3v) is 1.28. The maximum atomic E-state index is 8.47. The SMILES string of the molecule is C.CCN(CCO)CCO. The van der Waals surface area contributed by atoms with Crippen LogP contribution in [0.5, 0.6) is 0 Å². The lowest BCUT2D eigenvalue weighted by atomic mass is 10.5. The van der Waals surface area contributed by atoms with E-state index < -0.39 is 0 Å². The van der Waals surface area contributed by atoms with Crippen molar-refractivity contribution in [1.82, 2.24) is 4.90 Å². The second kappa shape index (κ2) is 8.88. The summed E-state index contributed by atoms with van der Waals surface area (Å²) in [6.45, 7) is 4.57. The van der Waals surface area contributed by atoms with E-state index in [9.17, 15) is 0 Å². The Balaban J connectivity index is 0. The van der Waals surface area contributed by atoms with Crippen LogP contribution in [0.2, 0.25) is 0 Å². The van der Waals surface area contributed by atoms with E-state index in [0.717, 1.165) is 6.54 Å². The molecule has 0 fully saturated rings. The molecule has 64 valence electrons. The predicted octanol–water partition coefficient (Wildman–Crippen LogP) is -0.0710. The minimum Gasteiger partial charge on any atom is -0.395 e. The lowest BCUT2D eigenvalue weighted by molar-refractivity contribution is 0.166. The van der Waals surface area contributed by atoms with Crippen LogP contribution in [0.1, 0.15) is 14.4 Å². The van der Waals surface area contributed by atoms with Crippen molar-refractivity contribution in [3.63, 3.8) is 0 Å². The van der Waals surface area contributed by atoms with Gasteiger partial charge in [0, 0.05) is 13.1 Å². The lowest BCUT2D eigenvalue weighted by Crippen LogP contribution is -2.29. The molecule has 3 heteroatoms. The molecule has 0 unspecified atom stereocenters. The fourth-order valence-corrected chi connectivity index (χ4v) is 0.711. The van der Waals surface area contributed by atoms with Gasteiger partial charge in [-0.2, -0.15) is 0 Å². The van der Waals surface area contributed by atoms with E-state index in [0.29, 0.717) is 13.1 Å². The van der Waals surface area contributed by atoms with Crippen LogP contribution < -0.4 is 0 Å². The molecule has 3 nitrogen and oxygen atoms in total. The molecular formula is C7H19NO2. The Morgan fingerprint density at radius 2 is 1.50 bits per heavy atom. The molecule has 0 aromatic carbocycles. The Labute approximate surface area is 63.3 Å². The average Bonchev–Trinajstić information content (AvgIpc) is 1.88. The van der Waals surface area contributed by atoms with Gasteiger partial charge in [0.2, 0.25) is 0 Å². The van der Waals surface area contributed by atoms with Crippen molar-refractivity contribution in [3.8, 4) is 0 Å². The summed E-state index contributed by atoms with van der Waals surface area (Å²) in [5.74, 6) is 0. The summed E-state index contributed by atoms with van der Waals surface area (Å²) in [4.78, 5) is 1.99. The van der Waals surface area contributed by atoms with Crippen LogP contribution in [0.3, 0.4) is 0 Å². The van der Waals surface area contributed by atoms with E-state index >= 15 is 0 Å². The number of aliphatic hydroxyl groups is 2. The highest BCUT2D eigenvalue weighted by atomic mass is 16.3. The number of hydrogen-bond donors (Lipinski definition) is 2. The zero-order valence-corrected chi connectivity index (χ0v) is 5.88. The second-order valence-electron chi connectivity index (χ2n) is 1.88. The van der Waals surface area contributed by atoms with Crippen molar-refractivity contribution in [2.45, 2.75) is 14.4 Å². The summed E-state index contributed by atoms with van der Waals surface area (Å²) >= 11 is 0. The van der Waals surface area contributed by atoms with Crippen molar-refractivity contribution in [1.29, 1.82) is 0 Å². The fourth-order valence-electron chi connectivity index (χ4n) is 0.711. The quantitative estimate of drug-likeness (QED) is 0.575. The molecule has 2 N–H and O–H groups in total. The molecule has 0 aliphatic carbocycles. The monoisotopic (exact) mass is 149 g/mol. The first-order valence-electron chi connectivity index (χ1n) is 3.29. The average molecular weight is 149 g/mol. The number of aliphatic hydroxyl groups excluding tert-OH is 2. The van der Waals surface area contributed by atoms with Crippen LogP contribution in [-0.4, -0.2) is 48.0 Å². The van der Waals surface area contributed by atoms with Crippen LogP contribution in [0.25, 0.3) is 0 Å². The van der Waals surface area contributed by atoms with Gasteiger partial charge in [-0.1, -0.05) is 14.4 Å². The number of rotatable bonds is 5. The Hall–Kier alpha value is -0.120. The largest absolute Gasteiger partial charge is 0.395 e. The molecule has 0 aliphatic heterocycles. The smallest absolute Gasteiger partial charge is 0.0558 e. The van der Waals surface area contributed by atoms with Gasteiger partial charge in [-0.15, -0.1) is 0 Å². The van der Waals surface area contributed by atoms with Gasteiger partial charge in [-0.3, -0.25) is 4.90 Å². The van der Waals surface area contributed by atoms with Gasteiger partial charge < -0.3 is 10.2 Å². The van der Waals surface area contributed by atoms with Gasteiger partial charge in [-0.05, 0) is 6.54 Å². The maximum Gasteiger partial charge on any atom is 0.0558 e. The van der Waals surface area contributed by atoms with Crippen molar-refractivity contribution in [2.24, 2.45) is 0 Å². The minimum atomic E-state index is 0. The van der Waals surface area contributed by atoms with Gasteiger partial charge in [0.25, 0.3) is 0 Å². The third kappa shape index (κ3) is 6.01. The van der Waals surface area contributed by atoms with E-state index in [1.54, 1.807) is 0 Å². The Bertz CT molecular complexity index is 53.6. The summed E-state index contributed by atoms with van der Waals surface area (Å²) in [7, 11) is 0. The van der Waals surface area contributed by atoms with Gasteiger partial charge in [0.15, 0.2) is 0 Å². The van der Waals surface area contributed by atoms with E-state index in [1.165, 1.54) is 0 Å². The number of hydrogen-bond acceptors (Lipinski definition) is 3. The van der Waals surface area contributed by atoms with Gasteiger partial charge >= 0.3 is 0 Å². The normalized spacial score (nSPS) is 9.60. The van der Waals surface area contributed by atoms with Crippen LogP contribution in [0, 0.1) is 0 Å². The standard InChI is InChI=1S/C6H15NO2.CH4/c1-2-7(3-5-8)4-6-9;/h8-9H,2-6H2,1H3;1H4. The van der Waals surface area contributed by atoms with Crippen LogP contribution >= 0.6 is 0 Å². The Morgan fingerprint density at radius 1 is 1.10 bits per heavy atom. The Morgan fingerprint density at radius 3 is 1.70 bits per heavy atom. The summed E-state index contributed by atoms with van der Waals surface area (Å²) in [6.07, 6.45) is 0. The first-order valence-corrected chi connectivity index (χ1v) is 3.29. The van der Waals surface area contributed by atoms with Gasteiger partial charge in [0.05, 0.1) is 13.2 Å². The molecule has 0 aromatic rings. The van der Waals surface area contributed by atoms with E-state index in [4.69, 9.17) is 10.2 Å². The van der Waals surface area contributed by atoms with Crippen LogP contribution in [0.15, 0.2) is 0 Å². The highest BCUT2D eigenvalue weighted by Gasteiger charge is 1.97. The van der Waals surface area contributed by atoms with Crippen molar-refractivity contribution in [2.75, 3.05) is 32.8 Å². The summed E-state index contributed by atoms with van der Waals surface area (Å²) < 4.78 is 0. The Kier molecular flexibility index (Phi) is 11.1. The lowest BCUT2D eigenvalue weighted by Gasteiger charge is -2.16. The van der Waals surface area contributed by atoms with E-state index in [1.807, 2.05) is 11.8 Å². The number of likely N-dealkylation sites (N-methyl/N-ethyl adjacent to an activating group) is 1. The molecule has 0 heterocycles. The van der Waals surface area contributed by atoms with E-state index in [2.05, 4.69) is 0 Å². The molecule has 0 radical (unpaired) electrons. The molecule has 0 aliphatic rings. The molecule has 0 amide bonds. The number of nitrogens with zero attached hydrogens (tertiary/aromatic N) is 1. The third-order valence-electron chi connectivity index (χ3n) is 1.28. The molecular weight excluding hydrogens is 130 g/mol. The molecule has 0 spiro atoms. The zero-order valence-electron chi connectivity index (χ0n) is 5.88. The van der Waals surface area contributed by atoms with Crippen LogP contribution in [-0.2, 0) is 0 Å². The second-order valence-corrected chi connectivity index (χ2v) is 1.88. The first kappa shape index (κ1) is 12.5. The van der Waals surface area contributed by atoms with Crippen LogP contribution in [0.4, 0.5) is 0 Å². The topological polar surface area (TPSA) is 43.7 Å². The molecule has 10 heavy (non-hydrogen) atoms. The van der Waals surface area contributed by atoms with E-state index in [-0.39, 0.29) is 20.6 Å². The highest BCUT2D eigenvalue weighted by Crippen LogP contribution is 1.83. The molecule has 0 rings (SSSR count). The molecule has 0 saturated heterocycles. The van der Waals surface area contributed by atoms with Crippen molar-refractivity contribution in [3.05, 3.63) is 0 Å².